The van der Waals surface area contributed by atoms with E-state index in [1.54, 1.807) is 17.2 Å². The van der Waals surface area contributed by atoms with Gasteiger partial charge < -0.3 is 14.8 Å². The highest BCUT2D eigenvalue weighted by molar-refractivity contribution is 8.00. The van der Waals surface area contributed by atoms with E-state index < -0.39 is 0 Å². The van der Waals surface area contributed by atoms with Gasteiger partial charge in [0.2, 0.25) is 11.7 Å². The topological polar surface area (TPSA) is 113 Å². The lowest BCUT2D eigenvalue weighted by Gasteiger charge is -2.38. The van der Waals surface area contributed by atoms with Crippen LogP contribution in [0, 0.1) is 5.82 Å². The van der Waals surface area contributed by atoms with Crippen molar-refractivity contribution in [3.63, 3.8) is 0 Å². The van der Waals surface area contributed by atoms with E-state index in [0.29, 0.717) is 18.1 Å². The van der Waals surface area contributed by atoms with E-state index in [1.165, 1.54) is 31.0 Å². The van der Waals surface area contributed by atoms with Crippen molar-refractivity contribution in [2.24, 2.45) is 10.1 Å². The number of benzene rings is 1. The molecule has 1 N–H and O–H groups in total. The average molecular weight is 419 g/mol. The summed E-state index contributed by atoms with van der Waals surface area (Å²) in [5.74, 6) is -0.455. The number of aliphatic imine (C=N–C) groups is 1. The van der Waals surface area contributed by atoms with Crippen molar-refractivity contribution >= 4 is 29.7 Å². The van der Waals surface area contributed by atoms with Crippen molar-refractivity contribution in [3.8, 4) is 0 Å². The first-order valence-electron chi connectivity index (χ1n) is 8.90. The third-order valence-corrected chi connectivity index (χ3v) is 5.96. The fraction of sp³-hybridized carbons (Fsp3) is 0.389. The van der Waals surface area contributed by atoms with Crippen LogP contribution in [-0.2, 0) is 16.0 Å². The molecule has 152 valence electrons. The van der Waals surface area contributed by atoms with Gasteiger partial charge in [0.15, 0.2) is 10.7 Å². The second-order valence-electron chi connectivity index (χ2n) is 6.75. The average Bonchev–Trinajstić information content (AvgIpc) is 3.11. The van der Waals surface area contributed by atoms with Gasteiger partial charge in [-0.1, -0.05) is 23.0 Å². The Bertz CT molecular complexity index is 973. The van der Waals surface area contributed by atoms with E-state index in [-0.39, 0.29) is 41.0 Å². The molecule has 2 aromatic rings. The van der Waals surface area contributed by atoms with Gasteiger partial charge >= 0.3 is 0 Å². The number of likely N-dealkylation sites (tertiary alicyclic amines) is 1. The molecule has 2 aliphatic rings. The Morgan fingerprint density at radius 2 is 2.31 bits per heavy atom. The van der Waals surface area contributed by atoms with Crippen LogP contribution >= 0.6 is 11.8 Å². The van der Waals surface area contributed by atoms with Crippen LogP contribution in [0.5, 0.6) is 0 Å². The summed E-state index contributed by atoms with van der Waals surface area (Å²) in [7, 11) is 1.48. The lowest BCUT2D eigenvalue weighted by atomic mass is 9.78. The van der Waals surface area contributed by atoms with Gasteiger partial charge in [0.25, 0.3) is 0 Å². The van der Waals surface area contributed by atoms with Crippen LogP contribution in [0.15, 0.2) is 38.0 Å². The standard InChI is InChI=1S/C18H18FN5O4S/c1-27-9-15(25)24-7-13(8-24)29-18-16(22-28-23-18)17(21-26)20-6-11-4-10-2-3-12(19)5-14(10)11/h2-3,5-6,11,13,26H,4,7-9H2,1H3/b20-6+,21-17-. The highest BCUT2D eigenvalue weighted by atomic mass is 32.2. The lowest BCUT2D eigenvalue weighted by Crippen LogP contribution is -2.53. The van der Waals surface area contributed by atoms with Gasteiger partial charge in [-0.25, -0.2) is 14.0 Å². The monoisotopic (exact) mass is 419 g/mol. The first-order valence-corrected chi connectivity index (χ1v) is 9.78. The molecule has 1 amide bonds. The largest absolute Gasteiger partial charge is 0.409 e. The van der Waals surface area contributed by atoms with Gasteiger partial charge in [0, 0.05) is 37.6 Å². The Kier molecular flexibility index (Phi) is 5.58. The first kappa shape index (κ1) is 19.5. The van der Waals surface area contributed by atoms with Crippen LogP contribution in [0.4, 0.5) is 4.39 Å². The molecular weight excluding hydrogens is 401 g/mol. The molecule has 9 nitrogen and oxygen atoms in total. The molecule has 1 aromatic carbocycles. The van der Waals surface area contributed by atoms with Crippen LogP contribution in [0.1, 0.15) is 22.7 Å². The molecule has 29 heavy (non-hydrogen) atoms. The number of carbonyl (C=O) groups excluding carboxylic acids is 1. The SMILES string of the molecule is COCC(=O)N1CC(Sc2nonc2C(=N/O)/N=C/C2Cc3ccc(F)cc32)C1. The van der Waals surface area contributed by atoms with Crippen molar-refractivity contribution in [3.05, 3.63) is 40.8 Å². The van der Waals surface area contributed by atoms with Gasteiger partial charge in [-0.2, -0.15) is 0 Å². The zero-order valence-corrected chi connectivity index (χ0v) is 16.3. The third kappa shape index (κ3) is 4.01. The Morgan fingerprint density at radius 3 is 3.07 bits per heavy atom. The Hall–Kier alpha value is -2.79. The number of hydrogen-bond donors (Lipinski definition) is 1. The Labute approximate surface area is 169 Å². The summed E-state index contributed by atoms with van der Waals surface area (Å²) in [5, 5.41) is 20.8. The molecule has 1 aromatic heterocycles. The maximum Gasteiger partial charge on any atom is 0.248 e. The van der Waals surface area contributed by atoms with Crippen molar-refractivity contribution < 1.29 is 23.8 Å². The highest BCUT2D eigenvalue weighted by Gasteiger charge is 2.33. The van der Waals surface area contributed by atoms with E-state index in [1.807, 2.05) is 0 Å². The fourth-order valence-electron chi connectivity index (χ4n) is 3.22. The smallest absolute Gasteiger partial charge is 0.248 e. The van der Waals surface area contributed by atoms with Crippen LogP contribution in [0.2, 0.25) is 0 Å². The molecule has 1 unspecified atom stereocenters. The minimum absolute atomic E-state index is 0.0368. The van der Waals surface area contributed by atoms with Crippen LogP contribution in [-0.4, -0.2) is 70.4 Å². The first-order chi connectivity index (χ1) is 14.1. The van der Waals surface area contributed by atoms with E-state index in [9.17, 15) is 14.4 Å². The summed E-state index contributed by atoms with van der Waals surface area (Å²) in [4.78, 5) is 17.6. The van der Waals surface area contributed by atoms with Crippen molar-refractivity contribution in [1.82, 2.24) is 15.2 Å². The van der Waals surface area contributed by atoms with Gasteiger partial charge in [0.05, 0.1) is 0 Å². The molecule has 1 aliphatic carbocycles. The van der Waals surface area contributed by atoms with Gasteiger partial charge in [-0.05, 0) is 40.0 Å². The molecule has 0 radical (unpaired) electrons. The molecule has 0 saturated carbocycles. The molecule has 1 atom stereocenters. The van der Waals surface area contributed by atoms with E-state index in [4.69, 9.17) is 9.37 Å². The fourth-order valence-corrected chi connectivity index (χ4v) is 4.37. The number of hydrogen-bond acceptors (Lipinski definition) is 8. The Morgan fingerprint density at radius 1 is 1.48 bits per heavy atom. The summed E-state index contributed by atoms with van der Waals surface area (Å²) < 4.78 is 23.0. The molecule has 0 bridgehead atoms. The zero-order chi connectivity index (χ0) is 20.4. The number of carbonyl (C=O) groups is 1. The molecule has 0 spiro atoms. The van der Waals surface area contributed by atoms with Gasteiger partial charge in [-0.3, -0.25) is 4.79 Å². The molecule has 11 heteroatoms. The number of fused-ring (bicyclic) bond motifs is 1. The summed E-state index contributed by atoms with van der Waals surface area (Å²) in [6.45, 7) is 1.16. The van der Waals surface area contributed by atoms with Crippen molar-refractivity contribution in [2.75, 3.05) is 26.8 Å². The van der Waals surface area contributed by atoms with Crippen LogP contribution < -0.4 is 0 Å². The molecule has 1 saturated heterocycles. The lowest BCUT2D eigenvalue weighted by molar-refractivity contribution is -0.138. The summed E-state index contributed by atoms with van der Waals surface area (Å²) in [6, 6.07) is 4.67. The van der Waals surface area contributed by atoms with E-state index in [0.717, 1.165) is 17.5 Å². The molecule has 4 rings (SSSR count). The molecular formula is C18H18FN5O4S. The Balaban J connectivity index is 1.39. The molecule has 1 aliphatic heterocycles. The number of amides is 1. The quantitative estimate of drug-likeness (QED) is 0.328. The number of rotatable bonds is 6. The molecule has 1 fully saturated rings. The minimum Gasteiger partial charge on any atom is -0.409 e. The number of aromatic nitrogens is 2. The van der Waals surface area contributed by atoms with E-state index in [2.05, 4.69) is 20.5 Å². The summed E-state index contributed by atoms with van der Waals surface area (Å²) in [5.41, 5.74) is 2.16. The third-order valence-electron chi connectivity index (χ3n) is 4.84. The zero-order valence-electron chi connectivity index (χ0n) is 15.5. The normalized spacial score (nSPS) is 19.2. The number of halogens is 1. The second-order valence-corrected chi connectivity index (χ2v) is 8.03. The highest BCUT2D eigenvalue weighted by Crippen LogP contribution is 2.34. The minimum atomic E-state index is -0.296. The molecule has 2 heterocycles. The van der Waals surface area contributed by atoms with Crippen molar-refractivity contribution in [1.29, 1.82) is 0 Å². The summed E-state index contributed by atoms with van der Waals surface area (Å²) >= 11 is 1.37. The number of methoxy groups -OCH3 is 1. The number of ether oxygens (including phenoxy) is 1. The van der Waals surface area contributed by atoms with Gasteiger partial charge in [-0.15, -0.1) is 0 Å². The van der Waals surface area contributed by atoms with E-state index >= 15 is 0 Å². The maximum atomic E-state index is 13.4. The number of thioether (sulfide) groups is 1. The second kappa shape index (κ2) is 8.29. The number of amidine groups is 1. The number of oxime groups is 1. The van der Waals surface area contributed by atoms with Crippen LogP contribution in [0.25, 0.3) is 0 Å². The van der Waals surface area contributed by atoms with Crippen molar-refractivity contribution in [2.45, 2.75) is 22.6 Å². The summed E-state index contributed by atoms with van der Waals surface area (Å²) in [6.07, 6.45) is 2.35. The predicted molar refractivity (Wildman–Crippen MR) is 102 cm³/mol. The predicted octanol–water partition coefficient (Wildman–Crippen LogP) is 1.70. The maximum absolute atomic E-state index is 13.4. The van der Waals surface area contributed by atoms with Crippen LogP contribution in [0.3, 0.4) is 0 Å². The van der Waals surface area contributed by atoms with Gasteiger partial charge in [0.1, 0.15) is 12.4 Å². The number of nitrogens with zero attached hydrogens (tertiary/aromatic N) is 5.